The highest BCUT2D eigenvalue weighted by Gasteiger charge is 2.29. The Labute approximate surface area is 172 Å². The van der Waals surface area contributed by atoms with Crippen LogP contribution in [0, 0.1) is 6.92 Å². The first-order chi connectivity index (χ1) is 13.9. The molecular formula is C22H28N2O4S. The van der Waals surface area contributed by atoms with E-state index in [0.29, 0.717) is 25.3 Å². The maximum absolute atomic E-state index is 13.4. The van der Waals surface area contributed by atoms with Gasteiger partial charge in [-0.25, -0.2) is 8.42 Å². The highest BCUT2D eigenvalue weighted by atomic mass is 32.2. The first kappa shape index (κ1) is 21.3. The number of benzene rings is 2. The lowest BCUT2D eigenvalue weighted by atomic mass is 10.1. The van der Waals surface area contributed by atoms with Crippen molar-refractivity contribution in [2.24, 2.45) is 0 Å². The van der Waals surface area contributed by atoms with Gasteiger partial charge in [-0.2, -0.15) is 0 Å². The van der Waals surface area contributed by atoms with Crippen molar-refractivity contribution in [3.05, 3.63) is 59.7 Å². The predicted octanol–water partition coefficient (Wildman–Crippen LogP) is 3.05. The first-order valence-corrected chi connectivity index (χ1v) is 11.4. The summed E-state index contributed by atoms with van der Waals surface area (Å²) in [6, 6.07) is 14.0. The number of rotatable bonds is 8. The van der Waals surface area contributed by atoms with E-state index in [9.17, 15) is 13.2 Å². The number of anilines is 1. The van der Waals surface area contributed by atoms with Crippen LogP contribution in [0.4, 0.5) is 5.69 Å². The average molecular weight is 417 g/mol. The maximum atomic E-state index is 13.4. The van der Waals surface area contributed by atoms with Gasteiger partial charge >= 0.3 is 0 Å². The van der Waals surface area contributed by atoms with Crippen LogP contribution in [0.3, 0.4) is 0 Å². The Kier molecular flexibility index (Phi) is 6.92. The van der Waals surface area contributed by atoms with Gasteiger partial charge in [-0.3, -0.25) is 9.10 Å². The monoisotopic (exact) mass is 416 g/mol. The molecule has 1 atom stereocenters. The van der Waals surface area contributed by atoms with Gasteiger partial charge in [-0.1, -0.05) is 42.8 Å². The number of amides is 1. The molecule has 1 aliphatic rings. The molecule has 1 N–H and O–H groups in total. The molecule has 0 bridgehead atoms. The van der Waals surface area contributed by atoms with Crippen LogP contribution in [0.1, 0.15) is 30.9 Å². The molecule has 0 saturated carbocycles. The zero-order chi connectivity index (χ0) is 20.9. The summed E-state index contributed by atoms with van der Waals surface area (Å²) in [5.74, 6) is -0.345. The third-order valence-corrected chi connectivity index (χ3v) is 6.86. The van der Waals surface area contributed by atoms with E-state index in [1.165, 1.54) is 4.31 Å². The molecule has 1 saturated heterocycles. The number of hydrogen-bond acceptors (Lipinski definition) is 4. The quantitative estimate of drug-likeness (QED) is 0.718. The Morgan fingerprint density at radius 3 is 2.55 bits per heavy atom. The van der Waals surface area contributed by atoms with Crippen LogP contribution in [-0.4, -0.2) is 40.1 Å². The summed E-state index contributed by atoms with van der Waals surface area (Å²) >= 11 is 0. The van der Waals surface area contributed by atoms with Crippen molar-refractivity contribution in [1.82, 2.24) is 5.32 Å². The number of ether oxygens (including phenoxy) is 1. The zero-order valence-electron chi connectivity index (χ0n) is 16.9. The van der Waals surface area contributed by atoms with E-state index in [2.05, 4.69) is 5.32 Å². The topological polar surface area (TPSA) is 75.7 Å². The molecule has 0 radical (unpaired) electrons. The summed E-state index contributed by atoms with van der Waals surface area (Å²) < 4.78 is 33.6. The van der Waals surface area contributed by atoms with Gasteiger partial charge in [0.15, 0.2) is 0 Å². The largest absolute Gasteiger partial charge is 0.376 e. The van der Waals surface area contributed by atoms with Gasteiger partial charge in [0.25, 0.3) is 10.0 Å². The third kappa shape index (κ3) is 5.16. The van der Waals surface area contributed by atoms with Crippen molar-refractivity contribution in [2.75, 3.05) is 24.0 Å². The Balaban J connectivity index is 1.89. The molecule has 6 nitrogen and oxygen atoms in total. The van der Waals surface area contributed by atoms with Crippen LogP contribution in [-0.2, 0) is 26.0 Å². The van der Waals surface area contributed by atoms with Crippen LogP contribution in [0.25, 0.3) is 0 Å². The summed E-state index contributed by atoms with van der Waals surface area (Å²) in [7, 11) is -3.89. The van der Waals surface area contributed by atoms with E-state index in [1.54, 1.807) is 36.4 Å². The van der Waals surface area contributed by atoms with Gasteiger partial charge in [-0.15, -0.1) is 0 Å². The number of nitrogens with zero attached hydrogens (tertiary/aromatic N) is 1. The normalized spacial score (nSPS) is 16.6. The first-order valence-electron chi connectivity index (χ1n) is 9.97. The summed E-state index contributed by atoms with van der Waals surface area (Å²) in [5, 5.41) is 2.82. The van der Waals surface area contributed by atoms with Crippen LogP contribution >= 0.6 is 0 Å². The molecule has 1 fully saturated rings. The molecule has 0 spiro atoms. The van der Waals surface area contributed by atoms with Crippen LogP contribution < -0.4 is 9.62 Å². The van der Waals surface area contributed by atoms with E-state index >= 15 is 0 Å². The van der Waals surface area contributed by atoms with Crippen molar-refractivity contribution in [3.63, 3.8) is 0 Å². The van der Waals surface area contributed by atoms with E-state index < -0.39 is 10.0 Å². The minimum absolute atomic E-state index is 0.00373. The van der Waals surface area contributed by atoms with Crippen molar-refractivity contribution in [2.45, 2.75) is 44.1 Å². The molecular weight excluding hydrogens is 388 g/mol. The highest BCUT2D eigenvalue weighted by molar-refractivity contribution is 7.92. The van der Waals surface area contributed by atoms with Gasteiger partial charge in [0.2, 0.25) is 5.91 Å². The molecule has 156 valence electrons. The van der Waals surface area contributed by atoms with E-state index in [0.717, 1.165) is 24.0 Å². The van der Waals surface area contributed by atoms with Crippen LogP contribution in [0.15, 0.2) is 53.4 Å². The minimum Gasteiger partial charge on any atom is -0.376 e. The summed E-state index contributed by atoms with van der Waals surface area (Å²) in [6.07, 6.45) is 2.56. The summed E-state index contributed by atoms with van der Waals surface area (Å²) in [4.78, 5) is 12.8. The van der Waals surface area contributed by atoms with Crippen LogP contribution in [0.5, 0.6) is 0 Å². The smallest absolute Gasteiger partial charge is 0.264 e. The van der Waals surface area contributed by atoms with Gasteiger partial charge in [0.05, 0.1) is 16.7 Å². The van der Waals surface area contributed by atoms with Crippen molar-refractivity contribution >= 4 is 21.6 Å². The lowest BCUT2D eigenvalue weighted by Gasteiger charge is -2.26. The fraction of sp³-hybridized carbons (Fsp3) is 0.409. The number of carbonyl (C=O) groups excluding carboxylic acids is 1. The van der Waals surface area contributed by atoms with Gasteiger partial charge in [-0.05, 0) is 49.9 Å². The maximum Gasteiger partial charge on any atom is 0.264 e. The molecule has 0 aromatic heterocycles. The molecule has 7 heteroatoms. The number of hydrogen-bond donors (Lipinski definition) is 1. The van der Waals surface area contributed by atoms with Gasteiger partial charge in [0.1, 0.15) is 6.54 Å². The fourth-order valence-electron chi connectivity index (χ4n) is 3.41. The highest BCUT2D eigenvalue weighted by Crippen LogP contribution is 2.27. The Morgan fingerprint density at radius 2 is 1.90 bits per heavy atom. The SMILES string of the molecule is CCc1ccccc1N(CC(=O)NCC1CCCO1)S(=O)(=O)c1ccc(C)cc1. The molecule has 3 rings (SSSR count). The van der Waals surface area contributed by atoms with E-state index in [1.807, 2.05) is 26.0 Å². The Morgan fingerprint density at radius 1 is 1.17 bits per heavy atom. The number of sulfonamides is 1. The Bertz CT molecular complexity index is 936. The average Bonchev–Trinajstić information content (AvgIpc) is 3.24. The van der Waals surface area contributed by atoms with E-state index in [4.69, 9.17) is 4.74 Å². The number of nitrogens with one attached hydrogen (secondary N) is 1. The minimum atomic E-state index is -3.89. The van der Waals surface area contributed by atoms with Gasteiger partial charge < -0.3 is 10.1 Å². The van der Waals surface area contributed by atoms with E-state index in [-0.39, 0.29) is 23.5 Å². The molecule has 29 heavy (non-hydrogen) atoms. The second-order valence-electron chi connectivity index (χ2n) is 7.25. The number of aryl methyl sites for hydroxylation is 2. The lowest BCUT2D eigenvalue weighted by molar-refractivity contribution is -0.120. The molecule has 0 aliphatic carbocycles. The Hall–Kier alpha value is -2.38. The van der Waals surface area contributed by atoms with Crippen molar-refractivity contribution in [3.8, 4) is 0 Å². The second kappa shape index (κ2) is 9.41. The van der Waals surface area contributed by atoms with Crippen molar-refractivity contribution < 1.29 is 17.9 Å². The molecule has 2 aromatic rings. The number of carbonyl (C=O) groups is 1. The van der Waals surface area contributed by atoms with Crippen molar-refractivity contribution in [1.29, 1.82) is 0 Å². The van der Waals surface area contributed by atoms with Gasteiger partial charge in [0, 0.05) is 13.2 Å². The molecule has 1 aliphatic heterocycles. The standard InChI is InChI=1S/C22H28N2O4S/c1-3-18-7-4-5-9-21(18)24(16-22(25)23-15-19-8-6-14-28-19)29(26,27)20-12-10-17(2)11-13-20/h4-5,7,9-13,19H,3,6,8,14-16H2,1-2H3,(H,23,25). The third-order valence-electron chi connectivity index (χ3n) is 5.09. The second-order valence-corrected chi connectivity index (χ2v) is 9.11. The fourth-order valence-corrected chi connectivity index (χ4v) is 4.87. The molecule has 2 aromatic carbocycles. The summed E-state index contributed by atoms with van der Waals surface area (Å²) in [6.45, 7) is 4.69. The zero-order valence-corrected chi connectivity index (χ0v) is 17.7. The van der Waals surface area contributed by atoms with Crippen LogP contribution in [0.2, 0.25) is 0 Å². The summed E-state index contributed by atoms with van der Waals surface area (Å²) in [5.41, 5.74) is 2.37. The molecule has 1 unspecified atom stereocenters. The number of para-hydroxylation sites is 1. The predicted molar refractivity (Wildman–Crippen MR) is 114 cm³/mol. The molecule has 1 heterocycles. The lowest BCUT2D eigenvalue weighted by Crippen LogP contribution is -2.43. The molecule has 1 amide bonds.